The number of anilines is 1. The van der Waals surface area contributed by atoms with Crippen LogP contribution >= 0.6 is 34.4 Å². The van der Waals surface area contributed by atoms with Crippen molar-refractivity contribution in [3.05, 3.63) is 78.4 Å². The van der Waals surface area contributed by atoms with Crippen LogP contribution in [0.4, 0.5) is 5.13 Å². The van der Waals surface area contributed by atoms with Crippen molar-refractivity contribution in [2.45, 2.75) is 5.03 Å². The van der Waals surface area contributed by atoms with Gasteiger partial charge in [-0.15, -0.1) is 22.7 Å². The molecule has 0 radical (unpaired) electrons. The van der Waals surface area contributed by atoms with Gasteiger partial charge < -0.3 is 5.32 Å². The Morgan fingerprint density at radius 1 is 0.968 bits per heavy atom. The summed E-state index contributed by atoms with van der Waals surface area (Å²) in [5, 5.41) is 7.22. The lowest BCUT2D eigenvalue weighted by molar-refractivity contribution is -0.113. The predicted molar refractivity (Wildman–Crippen MR) is 130 cm³/mol. The summed E-state index contributed by atoms with van der Waals surface area (Å²) in [6, 6.07) is 22.2. The van der Waals surface area contributed by atoms with E-state index in [1.54, 1.807) is 17.7 Å². The van der Waals surface area contributed by atoms with Crippen molar-refractivity contribution in [1.82, 2.24) is 15.0 Å². The molecule has 2 aromatic carbocycles. The second kappa shape index (κ2) is 8.97. The summed E-state index contributed by atoms with van der Waals surface area (Å²) in [6.45, 7) is 0. The number of nitrogens with one attached hydrogen (secondary N) is 1. The molecule has 5 rings (SSSR count). The van der Waals surface area contributed by atoms with Crippen LogP contribution in [0.1, 0.15) is 0 Å². The van der Waals surface area contributed by atoms with Crippen molar-refractivity contribution in [3.63, 3.8) is 0 Å². The van der Waals surface area contributed by atoms with Gasteiger partial charge in [0.25, 0.3) is 0 Å². The lowest BCUT2D eigenvalue weighted by Gasteiger charge is -2.02. The molecule has 0 unspecified atom stereocenters. The third-order valence-corrected chi connectivity index (χ3v) is 7.37. The Balaban J connectivity index is 1.27. The van der Waals surface area contributed by atoms with Crippen LogP contribution in [0.2, 0.25) is 0 Å². The van der Waals surface area contributed by atoms with Crippen LogP contribution in [0.15, 0.2) is 83.5 Å². The van der Waals surface area contributed by atoms with Crippen molar-refractivity contribution in [2.75, 3.05) is 11.1 Å². The van der Waals surface area contributed by atoms with Gasteiger partial charge in [-0.2, -0.15) is 0 Å². The SMILES string of the molecule is O=C(CSc1ncnc2sc(-c3ccccc3)cc12)Nc1nc(-c2ccccc2)cs1. The van der Waals surface area contributed by atoms with Gasteiger partial charge in [0.1, 0.15) is 16.2 Å². The van der Waals surface area contributed by atoms with Crippen LogP contribution in [-0.4, -0.2) is 26.6 Å². The summed E-state index contributed by atoms with van der Waals surface area (Å²) in [6.07, 6.45) is 1.56. The highest BCUT2D eigenvalue weighted by molar-refractivity contribution is 8.00. The number of thioether (sulfide) groups is 1. The normalized spacial score (nSPS) is 11.0. The van der Waals surface area contributed by atoms with Crippen molar-refractivity contribution in [3.8, 4) is 21.7 Å². The zero-order valence-electron chi connectivity index (χ0n) is 16.2. The minimum atomic E-state index is -0.107. The third kappa shape index (κ3) is 4.51. The summed E-state index contributed by atoms with van der Waals surface area (Å²) < 4.78 is 0. The fourth-order valence-electron chi connectivity index (χ4n) is 3.06. The van der Waals surface area contributed by atoms with E-state index in [0.717, 1.165) is 36.9 Å². The average molecular weight is 461 g/mol. The summed E-state index contributed by atoms with van der Waals surface area (Å²) in [4.78, 5) is 27.9. The first-order valence-corrected chi connectivity index (χ1v) is 12.2. The van der Waals surface area contributed by atoms with E-state index < -0.39 is 0 Å². The van der Waals surface area contributed by atoms with Crippen molar-refractivity contribution in [1.29, 1.82) is 0 Å². The molecule has 0 atom stereocenters. The monoisotopic (exact) mass is 460 g/mol. The summed E-state index contributed by atoms with van der Waals surface area (Å²) in [7, 11) is 0. The zero-order chi connectivity index (χ0) is 21.0. The van der Waals surface area contributed by atoms with Crippen LogP contribution in [-0.2, 0) is 4.79 Å². The standard InChI is InChI=1S/C23H16N4OS3/c28-20(27-23-26-18(12-30-23)15-7-3-1-4-8-15)13-29-21-17-11-19(16-9-5-2-6-10-16)31-22(17)25-14-24-21/h1-12,14H,13H2,(H,26,27,28). The lowest BCUT2D eigenvalue weighted by atomic mass is 10.2. The number of carbonyl (C=O) groups is 1. The molecule has 0 saturated carbocycles. The topological polar surface area (TPSA) is 67.8 Å². The molecule has 0 aliphatic heterocycles. The molecular weight excluding hydrogens is 444 g/mol. The molecule has 0 saturated heterocycles. The molecule has 31 heavy (non-hydrogen) atoms. The highest BCUT2D eigenvalue weighted by atomic mass is 32.2. The quantitative estimate of drug-likeness (QED) is 0.241. The summed E-state index contributed by atoms with van der Waals surface area (Å²) in [5.41, 5.74) is 3.04. The fourth-order valence-corrected chi connectivity index (χ4v) is 5.63. The maximum atomic E-state index is 12.5. The number of carbonyl (C=O) groups excluding carboxylic acids is 1. The van der Waals surface area contributed by atoms with Gasteiger partial charge in [0.2, 0.25) is 5.91 Å². The maximum absolute atomic E-state index is 12.5. The number of amides is 1. The van der Waals surface area contributed by atoms with Crippen molar-refractivity contribution < 1.29 is 4.79 Å². The smallest absolute Gasteiger partial charge is 0.236 e. The Morgan fingerprint density at radius 2 is 1.71 bits per heavy atom. The molecule has 1 amide bonds. The second-order valence-corrected chi connectivity index (χ2v) is 9.47. The molecule has 5 aromatic rings. The number of nitrogens with zero attached hydrogens (tertiary/aromatic N) is 3. The lowest BCUT2D eigenvalue weighted by Crippen LogP contribution is -2.13. The Hall–Kier alpha value is -3.07. The van der Waals surface area contributed by atoms with E-state index >= 15 is 0 Å². The molecule has 3 aromatic heterocycles. The van der Waals surface area contributed by atoms with Crippen LogP contribution in [0.5, 0.6) is 0 Å². The minimum absolute atomic E-state index is 0.107. The van der Waals surface area contributed by atoms with E-state index in [0.29, 0.717) is 5.13 Å². The molecule has 0 fully saturated rings. The Morgan fingerprint density at radius 3 is 2.48 bits per heavy atom. The minimum Gasteiger partial charge on any atom is -0.301 e. The maximum Gasteiger partial charge on any atom is 0.236 e. The highest BCUT2D eigenvalue weighted by Gasteiger charge is 2.13. The zero-order valence-corrected chi connectivity index (χ0v) is 18.6. The van der Waals surface area contributed by atoms with Gasteiger partial charge in [-0.25, -0.2) is 15.0 Å². The first-order chi connectivity index (χ1) is 15.3. The summed E-state index contributed by atoms with van der Waals surface area (Å²) >= 11 is 4.46. The highest BCUT2D eigenvalue weighted by Crippen LogP contribution is 2.36. The molecule has 3 heterocycles. The molecule has 0 aliphatic carbocycles. The fraction of sp³-hybridized carbons (Fsp3) is 0.0435. The van der Waals surface area contributed by atoms with E-state index in [-0.39, 0.29) is 11.7 Å². The van der Waals surface area contributed by atoms with Crippen LogP contribution in [0.25, 0.3) is 31.9 Å². The molecular formula is C23H16N4OS3. The average Bonchev–Trinajstić information content (AvgIpc) is 3.46. The number of hydrogen-bond acceptors (Lipinski definition) is 7. The second-order valence-electron chi connectivity index (χ2n) is 6.62. The van der Waals surface area contributed by atoms with E-state index in [4.69, 9.17) is 0 Å². The number of rotatable bonds is 6. The number of thiazole rings is 1. The predicted octanol–water partition coefficient (Wildman–Crippen LogP) is 6.21. The van der Waals surface area contributed by atoms with Gasteiger partial charge in [-0.3, -0.25) is 4.79 Å². The molecule has 8 heteroatoms. The number of fused-ring (bicyclic) bond motifs is 1. The number of benzene rings is 2. The molecule has 152 valence electrons. The van der Waals surface area contributed by atoms with Gasteiger partial charge >= 0.3 is 0 Å². The van der Waals surface area contributed by atoms with Crippen molar-refractivity contribution in [2.24, 2.45) is 0 Å². The molecule has 1 N–H and O–H groups in total. The van der Waals surface area contributed by atoms with Gasteiger partial charge in [0, 0.05) is 21.2 Å². The Bertz CT molecular complexity index is 1330. The van der Waals surface area contributed by atoms with E-state index in [2.05, 4.69) is 38.5 Å². The van der Waals surface area contributed by atoms with Crippen LogP contribution in [0.3, 0.4) is 0 Å². The van der Waals surface area contributed by atoms with Crippen LogP contribution < -0.4 is 5.32 Å². The van der Waals surface area contributed by atoms with Gasteiger partial charge in [-0.05, 0) is 11.6 Å². The molecule has 5 nitrogen and oxygen atoms in total. The first-order valence-electron chi connectivity index (χ1n) is 9.50. The van der Waals surface area contributed by atoms with Crippen molar-refractivity contribution >= 4 is 55.7 Å². The molecule has 0 spiro atoms. The third-order valence-electron chi connectivity index (χ3n) is 4.51. The van der Waals surface area contributed by atoms with E-state index in [1.807, 2.05) is 53.9 Å². The van der Waals surface area contributed by atoms with E-state index in [1.165, 1.54) is 23.1 Å². The Kier molecular flexibility index (Phi) is 5.75. The first kappa shape index (κ1) is 19.9. The van der Waals surface area contributed by atoms with E-state index in [9.17, 15) is 4.79 Å². The Labute approximate surface area is 191 Å². The van der Waals surface area contributed by atoms with Gasteiger partial charge in [-0.1, -0.05) is 72.4 Å². The molecule has 0 aliphatic rings. The van der Waals surface area contributed by atoms with Gasteiger partial charge in [0.05, 0.1) is 11.4 Å². The number of aromatic nitrogens is 3. The van der Waals surface area contributed by atoms with Gasteiger partial charge in [0.15, 0.2) is 5.13 Å². The number of hydrogen-bond donors (Lipinski definition) is 1. The van der Waals surface area contributed by atoms with Crippen LogP contribution in [0, 0.1) is 0 Å². The number of thiophene rings is 1. The molecule has 0 bridgehead atoms. The summed E-state index contributed by atoms with van der Waals surface area (Å²) in [5.74, 6) is 0.146. The largest absolute Gasteiger partial charge is 0.301 e.